The minimum absolute atomic E-state index is 0.000135. The van der Waals surface area contributed by atoms with E-state index in [1.807, 2.05) is 15.9 Å². The van der Waals surface area contributed by atoms with E-state index in [2.05, 4.69) is 18.0 Å². The molecule has 4 heterocycles. The first kappa shape index (κ1) is 14.0. The Morgan fingerprint density at radius 1 is 1.23 bits per heavy atom. The molecule has 2 saturated heterocycles. The van der Waals surface area contributed by atoms with Crippen LogP contribution in [0.2, 0.25) is 0 Å². The van der Waals surface area contributed by atoms with Crippen LogP contribution in [0.15, 0.2) is 30.2 Å². The van der Waals surface area contributed by atoms with Gasteiger partial charge in [0.25, 0.3) is 5.91 Å². The van der Waals surface area contributed by atoms with Crippen molar-refractivity contribution in [1.82, 2.24) is 9.80 Å². The molecule has 2 aliphatic heterocycles. The van der Waals surface area contributed by atoms with Crippen molar-refractivity contribution < 1.29 is 9.59 Å². The summed E-state index contributed by atoms with van der Waals surface area (Å²) in [6.07, 6.45) is 2.36. The second-order valence-electron chi connectivity index (χ2n) is 6.13. The average Bonchev–Trinajstić information content (AvgIpc) is 3.16. The van der Waals surface area contributed by atoms with Gasteiger partial charge in [0, 0.05) is 41.0 Å². The number of rotatable bonds is 2. The standard InChI is InChI=1S/C16H16N2O2S2/c1-2-14(19)17-5-4-16(8-17)9-18(10-16)15(20)13-7-12-11(22-13)3-6-21-12/h2-3,6-7H,1,4-5,8-10H2. The van der Waals surface area contributed by atoms with Crippen molar-refractivity contribution in [3.8, 4) is 0 Å². The lowest BCUT2D eigenvalue weighted by Gasteiger charge is -2.47. The molecule has 2 amide bonds. The Labute approximate surface area is 136 Å². The van der Waals surface area contributed by atoms with Crippen molar-refractivity contribution in [2.24, 2.45) is 5.41 Å². The van der Waals surface area contributed by atoms with Gasteiger partial charge in [-0.3, -0.25) is 9.59 Å². The fourth-order valence-electron chi connectivity index (χ4n) is 3.44. The normalized spacial score (nSPS) is 19.6. The fraction of sp³-hybridized carbons (Fsp3) is 0.375. The summed E-state index contributed by atoms with van der Waals surface area (Å²) in [7, 11) is 0. The predicted molar refractivity (Wildman–Crippen MR) is 89.4 cm³/mol. The largest absolute Gasteiger partial charge is 0.338 e. The molecular formula is C16H16N2O2S2. The van der Waals surface area contributed by atoms with E-state index in [9.17, 15) is 9.59 Å². The van der Waals surface area contributed by atoms with Gasteiger partial charge in [0.15, 0.2) is 0 Å². The molecule has 114 valence electrons. The van der Waals surface area contributed by atoms with Gasteiger partial charge in [-0.2, -0.15) is 0 Å². The number of likely N-dealkylation sites (tertiary alicyclic amines) is 2. The van der Waals surface area contributed by atoms with E-state index >= 15 is 0 Å². The van der Waals surface area contributed by atoms with Gasteiger partial charge in [-0.05, 0) is 30.0 Å². The Hall–Kier alpha value is -1.66. The maximum absolute atomic E-state index is 12.6. The van der Waals surface area contributed by atoms with Crippen molar-refractivity contribution in [1.29, 1.82) is 0 Å². The Kier molecular flexibility index (Phi) is 3.13. The molecule has 0 aliphatic carbocycles. The molecule has 1 spiro atoms. The van der Waals surface area contributed by atoms with Gasteiger partial charge < -0.3 is 9.80 Å². The Balaban J connectivity index is 1.43. The zero-order valence-corrected chi connectivity index (χ0v) is 13.7. The van der Waals surface area contributed by atoms with E-state index in [0.717, 1.165) is 37.5 Å². The topological polar surface area (TPSA) is 40.6 Å². The van der Waals surface area contributed by atoms with Crippen LogP contribution in [-0.4, -0.2) is 47.8 Å². The smallest absolute Gasteiger partial charge is 0.264 e. The number of hydrogen-bond acceptors (Lipinski definition) is 4. The first-order chi connectivity index (χ1) is 10.6. The number of amides is 2. The maximum Gasteiger partial charge on any atom is 0.264 e. The molecule has 0 N–H and O–H groups in total. The maximum atomic E-state index is 12.6. The summed E-state index contributed by atoms with van der Waals surface area (Å²) in [5.74, 6) is 0.132. The fourth-order valence-corrected chi connectivity index (χ4v) is 5.52. The summed E-state index contributed by atoms with van der Waals surface area (Å²) in [6, 6.07) is 4.06. The van der Waals surface area contributed by atoms with Crippen LogP contribution in [0.25, 0.3) is 9.40 Å². The molecule has 0 unspecified atom stereocenters. The van der Waals surface area contributed by atoms with Crippen LogP contribution in [0.5, 0.6) is 0 Å². The van der Waals surface area contributed by atoms with Gasteiger partial charge in [-0.1, -0.05) is 6.58 Å². The molecule has 0 saturated carbocycles. The van der Waals surface area contributed by atoms with Crippen molar-refractivity contribution in [3.05, 3.63) is 35.0 Å². The van der Waals surface area contributed by atoms with E-state index < -0.39 is 0 Å². The van der Waals surface area contributed by atoms with Crippen LogP contribution in [-0.2, 0) is 4.79 Å². The molecule has 2 aliphatic rings. The number of hydrogen-bond donors (Lipinski definition) is 0. The van der Waals surface area contributed by atoms with Gasteiger partial charge >= 0.3 is 0 Å². The highest BCUT2D eigenvalue weighted by Crippen LogP contribution is 2.41. The second kappa shape index (κ2) is 4.93. The molecule has 0 radical (unpaired) electrons. The third-order valence-electron chi connectivity index (χ3n) is 4.61. The number of carbonyl (C=O) groups is 2. The van der Waals surface area contributed by atoms with Crippen LogP contribution in [0.4, 0.5) is 0 Å². The SMILES string of the molecule is C=CC(=O)N1CCC2(C1)CN(C(=O)c1cc3sccc3s1)C2. The van der Waals surface area contributed by atoms with E-state index in [1.54, 1.807) is 22.7 Å². The summed E-state index contributed by atoms with van der Waals surface area (Å²) in [4.78, 5) is 28.8. The molecule has 2 fully saturated rings. The third-order valence-corrected chi connectivity index (χ3v) is 6.70. The molecule has 2 aromatic rings. The summed E-state index contributed by atoms with van der Waals surface area (Å²) in [6.45, 7) is 6.60. The van der Waals surface area contributed by atoms with Crippen LogP contribution >= 0.6 is 22.7 Å². The zero-order valence-electron chi connectivity index (χ0n) is 12.1. The first-order valence-electron chi connectivity index (χ1n) is 7.28. The van der Waals surface area contributed by atoms with E-state index in [-0.39, 0.29) is 17.2 Å². The molecule has 0 aromatic carbocycles. The summed E-state index contributed by atoms with van der Waals surface area (Å²) in [5, 5.41) is 2.05. The summed E-state index contributed by atoms with van der Waals surface area (Å²) >= 11 is 3.24. The van der Waals surface area contributed by atoms with Gasteiger partial charge in [-0.15, -0.1) is 22.7 Å². The lowest BCUT2D eigenvalue weighted by atomic mass is 9.79. The predicted octanol–water partition coefficient (Wildman–Crippen LogP) is 2.82. The van der Waals surface area contributed by atoms with Crippen LogP contribution in [0, 0.1) is 5.41 Å². The molecule has 2 aromatic heterocycles. The molecule has 0 bridgehead atoms. The lowest BCUT2D eigenvalue weighted by molar-refractivity contribution is -0.125. The minimum Gasteiger partial charge on any atom is -0.338 e. The van der Waals surface area contributed by atoms with Gasteiger partial charge in [-0.25, -0.2) is 0 Å². The Bertz CT molecular complexity index is 742. The van der Waals surface area contributed by atoms with Gasteiger partial charge in [0.1, 0.15) is 0 Å². The van der Waals surface area contributed by atoms with Crippen LogP contribution < -0.4 is 0 Å². The van der Waals surface area contributed by atoms with Gasteiger partial charge in [0.2, 0.25) is 5.91 Å². The van der Waals surface area contributed by atoms with Crippen molar-refractivity contribution in [2.75, 3.05) is 26.2 Å². The number of fused-ring (bicyclic) bond motifs is 1. The Morgan fingerprint density at radius 2 is 2.00 bits per heavy atom. The lowest BCUT2D eigenvalue weighted by Crippen LogP contribution is -2.59. The van der Waals surface area contributed by atoms with Gasteiger partial charge in [0.05, 0.1) is 4.88 Å². The number of carbonyl (C=O) groups excluding carboxylic acids is 2. The average molecular weight is 332 g/mol. The molecule has 6 heteroatoms. The number of thiophene rings is 2. The quantitative estimate of drug-likeness (QED) is 0.794. The van der Waals surface area contributed by atoms with Crippen molar-refractivity contribution in [3.63, 3.8) is 0 Å². The highest BCUT2D eigenvalue weighted by atomic mass is 32.1. The minimum atomic E-state index is 0.000135. The van der Waals surface area contributed by atoms with Crippen LogP contribution in [0.3, 0.4) is 0 Å². The molecule has 22 heavy (non-hydrogen) atoms. The molecular weight excluding hydrogens is 316 g/mol. The summed E-state index contributed by atoms with van der Waals surface area (Å²) in [5.41, 5.74) is 0.114. The monoisotopic (exact) mass is 332 g/mol. The second-order valence-corrected chi connectivity index (χ2v) is 8.17. The first-order valence-corrected chi connectivity index (χ1v) is 8.98. The summed E-state index contributed by atoms with van der Waals surface area (Å²) < 4.78 is 2.37. The van der Waals surface area contributed by atoms with E-state index in [0.29, 0.717) is 0 Å². The Morgan fingerprint density at radius 3 is 2.73 bits per heavy atom. The highest BCUT2D eigenvalue weighted by molar-refractivity contribution is 7.27. The van der Waals surface area contributed by atoms with E-state index in [1.165, 1.54) is 15.5 Å². The number of nitrogens with zero attached hydrogens (tertiary/aromatic N) is 2. The molecule has 0 atom stereocenters. The van der Waals surface area contributed by atoms with Crippen molar-refractivity contribution in [2.45, 2.75) is 6.42 Å². The van der Waals surface area contributed by atoms with Crippen LogP contribution in [0.1, 0.15) is 16.1 Å². The highest BCUT2D eigenvalue weighted by Gasteiger charge is 2.50. The zero-order chi connectivity index (χ0) is 15.3. The van der Waals surface area contributed by atoms with Crippen molar-refractivity contribution >= 4 is 43.9 Å². The third kappa shape index (κ3) is 2.09. The van der Waals surface area contributed by atoms with E-state index in [4.69, 9.17) is 0 Å². The molecule has 4 nitrogen and oxygen atoms in total. The molecule has 4 rings (SSSR count).